The fourth-order valence-corrected chi connectivity index (χ4v) is 5.84. The van der Waals surface area contributed by atoms with Gasteiger partial charge < -0.3 is 39.8 Å². The van der Waals surface area contributed by atoms with E-state index in [4.69, 9.17) is 20.9 Å². The van der Waals surface area contributed by atoms with Crippen LogP contribution in [0.2, 0.25) is 0 Å². The van der Waals surface area contributed by atoms with Crippen LogP contribution in [-0.4, -0.2) is 70.9 Å². The van der Waals surface area contributed by atoms with E-state index in [9.17, 15) is 38.5 Å². The lowest BCUT2D eigenvalue weighted by Crippen LogP contribution is -2.57. The van der Waals surface area contributed by atoms with Crippen LogP contribution in [0.4, 0.5) is 4.79 Å². The summed E-state index contributed by atoms with van der Waals surface area (Å²) in [6.07, 6.45) is 3.97. The van der Waals surface area contributed by atoms with Crippen molar-refractivity contribution in [1.29, 1.82) is 0 Å². The van der Waals surface area contributed by atoms with E-state index in [2.05, 4.69) is 25.0 Å². The van der Waals surface area contributed by atoms with E-state index in [0.29, 0.717) is 0 Å². The number of hydrogen-bond acceptors (Lipinski definition) is 10. The van der Waals surface area contributed by atoms with Gasteiger partial charge in [-0.25, -0.2) is 18.5 Å². The van der Waals surface area contributed by atoms with Crippen LogP contribution < -0.4 is 5.32 Å². The van der Waals surface area contributed by atoms with Crippen LogP contribution in [0.15, 0.2) is 24.6 Å². The van der Waals surface area contributed by atoms with Crippen molar-refractivity contribution < 1.29 is 66.2 Å². The Hall–Kier alpha value is -1.40. The van der Waals surface area contributed by atoms with Crippen LogP contribution >= 0.6 is 23.5 Å². The van der Waals surface area contributed by atoms with Crippen molar-refractivity contribution in [2.24, 2.45) is 0 Å². The van der Waals surface area contributed by atoms with Crippen molar-refractivity contribution in [3.63, 3.8) is 0 Å². The van der Waals surface area contributed by atoms with Crippen LogP contribution in [0.25, 0.3) is 0 Å². The van der Waals surface area contributed by atoms with Crippen molar-refractivity contribution in [2.75, 3.05) is 6.61 Å². The molecule has 7 N–H and O–H groups in total. The summed E-state index contributed by atoms with van der Waals surface area (Å²) in [6.45, 7) is 3.42. The molecule has 19 heteroatoms. The molecular formula is C13H19N2O14P3. The van der Waals surface area contributed by atoms with Crippen LogP contribution in [0.3, 0.4) is 0 Å². The normalized spacial score (nSPS) is 34.5. The average Bonchev–Trinajstić information content (AvgIpc) is 2.80. The number of carbonyl (C=O) groups excluding carboxylic acids is 1. The summed E-state index contributed by atoms with van der Waals surface area (Å²) in [5, 5.41) is 23.6. The first-order chi connectivity index (χ1) is 14.3. The zero-order valence-electron chi connectivity index (χ0n) is 16.0. The van der Waals surface area contributed by atoms with E-state index in [1.165, 1.54) is 6.08 Å². The fourth-order valence-electron chi connectivity index (χ4n) is 2.72. The standard InChI is InChI=1S/C13H19N2O14P3/c1-4-13(18)9(16)12(3,27-10(13)15-6-5-8(2)14-11(15)17)7-26-31(22,23)29-32(24,25)28-30(19,20)21/h1,5-6,9-10,16,18H,2,7H2,3H3,(H,14,17)(H,22,23)(H,24,25)(H2,19,20,21)/t9-,10+,12+,13?/m0/s1. The number of nitrogens with zero attached hydrogens (tertiary/aromatic N) is 1. The van der Waals surface area contributed by atoms with Crippen molar-refractivity contribution in [1.82, 2.24) is 10.2 Å². The number of carbonyl (C=O) groups is 1. The first-order valence-electron chi connectivity index (χ1n) is 8.15. The Morgan fingerprint density at radius 3 is 2.38 bits per heavy atom. The summed E-state index contributed by atoms with van der Waals surface area (Å²) >= 11 is 0. The Morgan fingerprint density at radius 1 is 1.28 bits per heavy atom. The van der Waals surface area contributed by atoms with Gasteiger partial charge in [0, 0.05) is 11.9 Å². The Bertz CT molecular complexity index is 1020. The first kappa shape index (κ1) is 26.8. The molecule has 0 aliphatic carbocycles. The molecule has 3 unspecified atom stereocenters. The second kappa shape index (κ2) is 8.75. The molecule has 1 saturated heterocycles. The molecule has 0 aromatic rings. The number of hydrogen-bond donors (Lipinski definition) is 7. The molecule has 2 rings (SSSR count). The number of aliphatic hydroxyl groups is 2. The minimum absolute atomic E-state index is 0.199. The summed E-state index contributed by atoms with van der Waals surface area (Å²) in [6, 6.07) is -0.847. The zero-order chi connectivity index (χ0) is 24.8. The molecule has 0 bridgehead atoms. The topological polar surface area (TPSA) is 242 Å². The summed E-state index contributed by atoms with van der Waals surface area (Å²) in [5.74, 6) is 1.88. The van der Waals surface area contributed by atoms with Gasteiger partial charge >= 0.3 is 29.5 Å². The highest BCUT2D eigenvalue weighted by molar-refractivity contribution is 7.66. The number of nitrogens with one attached hydrogen (secondary N) is 1. The number of urea groups is 1. The van der Waals surface area contributed by atoms with E-state index in [0.717, 1.165) is 18.0 Å². The number of allylic oxidation sites excluding steroid dienone is 1. The summed E-state index contributed by atoms with van der Waals surface area (Å²) in [4.78, 5) is 48.8. The maximum Gasteiger partial charge on any atom is 0.490 e. The molecule has 0 aromatic heterocycles. The van der Waals surface area contributed by atoms with Crippen molar-refractivity contribution in [3.8, 4) is 12.3 Å². The van der Waals surface area contributed by atoms with Gasteiger partial charge in [-0.15, -0.1) is 6.42 Å². The molecule has 6 atom stereocenters. The highest BCUT2D eigenvalue weighted by Crippen LogP contribution is 2.66. The minimum Gasteiger partial charge on any atom is -0.386 e. The highest BCUT2D eigenvalue weighted by Gasteiger charge is 2.64. The van der Waals surface area contributed by atoms with Crippen LogP contribution in [-0.2, 0) is 31.6 Å². The molecule has 0 saturated carbocycles. The molecule has 16 nitrogen and oxygen atoms in total. The van der Waals surface area contributed by atoms with Crippen LogP contribution in [0.1, 0.15) is 6.92 Å². The first-order valence-corrected chi connectivity index (χ1v) is 12.7. The van der Waals surface area contributed by atoms with Gasteiger partial charge in [0.2, 0.25) is 0 Å². The van der Waals surface area contributed by atoms with Crippen molar-refractivity contribution in [3.05, 3.63) is 24.6 Å². The third-order valence-electron chi connectivity index (χ3n) is 4.11. The summed E-state index contributed by atoms with van der Waals surface area (Å²) in [7, 11) is -16.9. The summed E-state index contributed by atoms with van der Waals surface area (Å²) in [5.41, 5.74) is -4.47. The van der Waals surface area contributed by atoms with E-state index < -0.39 is 59.6 Å². The molecule has 2 aliphatic heterocycles. The quantitative estimate of drug-likeness (QED) is 0.153. The monoisotopic (exact) mass is 520 g/mol. The number of aliphatic hydroxyl groups excluding tert-OH is 1. The van der Waals surface area contributed by atoms with Gasteiger partial charge in [0.05, 0.1) is 6.61 Å². The lowest BCUT2D eigenvalue weighted by Gasteiger charge is -2.34. The third-order valence-corrected chi connectivity index (χ3v) is 7.89. The van der Waals surface area contributed by atoms with Gasteiger partial charge in [-0.3, -0.25) is 9.42 Å². The molecule has 2 heterocycles. The van der Waals surface area contributed by atoms with Gasteiger partial charge in [0.25, 0.3) is 0 Å². The van der Waals surface area contributed by atoms with E-state index in [1.807, 2.05) is 5.92 Å². The molecule has 1 fully saturated rings. The highest BCUT2D eigenvalue weighted by atomic mass is 31.3. The van der Waals surface area contributed by atoms with Crippen molar-refractivity contribution >= 4 is 29.5 Å². The predicted molar refractivity (Wildman–Crippen MR) is 102 cm³/mol. The lowest BCUT2D eigenvalue weighted by atomic mass is 9.88. The van der Waals surface area contributed by atoms with Crippen molar-refractivity contribution in [2.45, 2.75) is 30.5 Å². The lowest BCUT2D eigenvalue weighted by molar-refractivity contribution is -0.122. The number of amides is 2. The SMILES string of the molecule is C#CC1(O)[C@@H](O)[C@@](C)(COP(=O)(O)OP(=O)(O)OP(=O)(O)O)O[C@H]1N1C=CC(=C)NC1=O. The maximum atomic E-state index is 12.2. The average molecular weight is 520 g/mol. The number of rotatable bonds is 8. The second-order valence-corrected chi connectivity index (χ2v) is 11.1. The minimum atomic E-state index is -5.78. The number of ether oxygens (including phenoxy) is 1. The molecule has 180 valence electrons. The Kier molecular flexibility index (Phi) is 7.34. The smallest absolute Gasteiger partial charge is 0.386 e. The zero-order valence-corrected chi connectivity index (χ0v) is 18.7. The van der Waals surface area contributed by atoms with E-state index in [1.54, 1.807) is 0 Å². The van der Waals surface area contributed by atoms with Crippen LogP contribution in [0.5, 0.6) is 0 Å². The van der Waals surface area contributed by atoms with Gasteiger partial charge in [-0.2, -0.15) is 8.62 Å². The molecule has 2 amide bonds. The maximum absolute atomic E-state index is 12.2. The molecule has 0 spiro atoms. The third kappa shape index (κ3) is 5.93. The molecule has 0 radical (unpaired) electrons. The molecule has 32 heavy (non-hydrogen) atoms. The van der Waals surface area contributed by atoms with Gasteiger partial charge in [-0.1, -0.05) is 12.5 Å². The fraction of sp³-hybridized carbons (Fsp3) is 0.462. The van der Waals surface area contributed by atoms with Crippen LogP contribution in [0, 0.1) is 12.3 Å². The number of phosphoric acid groups is 3. The summed E-state index contributed by atoms with van der Waals surface area (Å²) < 4.78 is 51.1. The Balaban J connectivity index is 2.22. The van der Waals surface area contributed by atoms with E-state index in [-0.39, 0.29) is 5.70 Å². The molecule has 2 aliphatic rings. The predicted octanol–water partition coefficient (Wildman–Crippen LogP) is -0.778. The van der Waals surface area contributed by atoms with E-state index >= 15 is 0 Å². The Morgan fingerprint density at radius 2 is 1.88 bits per heavy atom. The van der Waals surface area contributed by atoms with Gasteiger partial charge in [0.15, 0.2) is 11.8 Å². The largest absolute Gasteiger partial charge is 0.490 e. The number of terminal acetylenes is 1. The molecular weight excluding hydrogens is 501 g/mol. The molecule has 0 aromatic carbocycles. The number of phosphoric ester groups is 1. The van der Waals surface area contributed by atoms with Gasteiger partial charge in [-0.05, 0) is 13.0 Å². The second-order valence-electron chi connectivity index (χ2n) is 6.70. The van der Waals surface area contributed by atoms with Gasteiger partial charge in [0.1, 0.15) is 11.7 Å². The Labute approximate surface area is 180 Å².